The topological polar surface area (TPSA) is 73.6 Å². The number of amides is 1. The summed E-state index contributed by atoms with van der Waals surface area (Å²) >= 11 is 1.62. The zero-order valence-corrected chi connectivity index (χ0v) is 14.9. The van der Waals surface area contributed by atoms with E-state index in [2.05, 4.69) is 38.7 Å². The number of hydrogen-bond acceptors (Lipinski definition) is 3. The van der Waals surface area contributed by atoms with Crippen molar-refractivity contribution in [2.75, 3.05) is 0 Å². The van der Waals surface area contributed by atoms with Crippen molar-refractivity contribution < 1.29 is 4.79 Å². The number of aryl methyl sites for hydroxylation is 1. The van der Waals surface area contributed by atoms with Crippen LogP contribution in [0.3, 0.4) is 0 Å². The van der Waals surface area contributed by atoms with E-state index in [0.717, 1.165) is 41.7 Å². The number of H-pyrrole nitrogens is 2. The minimum atomic E-state index is -0.115. The molecular formula is C20H18N4OS. The summed E-state index contributed by atoms with van der Waals surface area (Å²) in [4.78, 5) is 16.2. The Bertz CT molecular complexity index is 1080. The van der Waals surface area contributed by atoms with E-state index < -0.39 is 0 Å². The molecule has 5 rings (SSSR count). The van der Waals surface area contributed by atoms with Crippen molar-refractivity contribution in [3.63, 3.8) is 0 Å². The summed E-state index contributed by atoms with van der Waals surface area (Å²) in [6.07, 6.45) is 3.07. The Kier molecular flexibility index (Phi) is 3.64. The van der Waals surface area contributed by atoms with Crippen LogP contribution in [0.1, 0.15) is 40.6 Å². The van der Waals surface area contributed by atoms with Gasteiger partial charge in [-0.25, -0.2) is 0 Å². The molecule has 1 unspecified atom stereocenters. The predicted molar refractivity (Wildman–Crippen MR) is 103 cm³/mol. The van der Waals surface area contributed by atoms with Gasteiger partial charge in [-0.05, 0) is 48.4 Å². The molecule has 1 amide bonds. The second-order valence-corrected chi connectivity index (χ2v) is 7.44. The first-order valence-corrected chi connectivity index (χ1v) is 9.72. The van der Waals surface area contributed by atoms with Gasteiger partial charge in [0, 0.05) is 27.5 Å². The molecule has 6 heteroatoms. The van der Waals surface area contributed by atoms with Gasteiger partial charge in [-0.3, -0.25) is 9.89 Å². The van der Waals surface area contributed by atoms with Crippen LogP contribution in [0.4, 0.5) is 0 Å². The van der Waals surface area contributed by atoms with Crippen molar-refractivity contribution in [3.05, 3.63) is 64.1 Å². The van der Waals surface area contributed by atoms with Gasteiger partial charge in [-0.1, -0.05) is 18.2 Å². The Morgan fingerprint density at radius 3 is 3.08 bits per heavy atom. The minimum absolute atomic E-state index is 0.00606. The van der Waals surface area contributed by atoms with E-state index in [0.29, 0.717) is 5.69 Å². The molecule has 4 aromatic rings. The molecular weight excluding hydrogens is 344 g/mol. The highest BCUT2D eigenvalue weighted by molar-refractivity contribution is 7.08. The summed E-state index contributed by atoms with van der Waals surface area (Å²) in [5, 5.41) is 15.6. The van der Waals surface area contributed by atoms with E-state index in [1.807, 2.05) is 29.0 Å². The number of aromatic nitrogens is 3. The summed E-state index contributed by atoms with van der Waals surface area (Å²) in [6, 6.07) is 12.2. The standard InChI is InChI=1S/C20H18N4OS/c25-20(18-10-17(23-24-18)12-8-9-26-11-12)22-16-7-3-5-14-13-4-1-2-6-15(13)21-19(14)16/h1-2,4,6,8-11,16,21H,3,5,7H2,(H,22,25)(H,23,24). The van der Waals surface area contributed by atoms with Crippen molar-refractivity contribution >= 4 is 28.1 Å². The van der Waals surface area contributed by atoms with Gasteiger partial charge in [0.25, 0.3) is 5.91 Å². The summed E-state index contributed by atoms with van der Waals surface area (Å²) in [5.41, 5.74) is 5.94. The molecule has 0 radical (unpaired) electrons. The molecule has 3 aromatic heterocycles. The third kappa shape index (κ3) is 2.54. The monoisotopic (exact) mass is 362 g/mol. The van der Waals surface area contributed by atoms with E-state index >= 15 is 0 Å². The van der Waals surface area contributed by atoms with Crippen LogP contribution < -0.4 is 5.32 Å². The number of rotatable bonds is 3. The van der Waals surface area contributed by atoms with Gasteiger partial charge in [-0.2, -0.15) is 16.4 Å². The van der Waals surface area contributed by atoms with Crippen LogP contribution in [0.2, 0.25) is 0 Å². The number of benzene rings is 1. The van der Waals surface area contributed by atoms with Gasteiger partial charge in [0.2, 0.25) is 0 Å². The number of fused-ring (bicyclic) bond motifs is 3. The molecule has 5 nitrogen and oxygen atoms in total. The van der Waals surface area contributed by atoms with E-state index in [9.17, 15) is 4.79 Å². The van der Waals surface area contributed by atoms with Crippen LogP contribution in [0, 0.1) is 0 Å². The maximum atomic E-state index is 12.7. The molecule has 0 aliphatic heterocycles. The fourth-order valence-electron chi connectivity index (χ4n) is 3.79. The molecule has 3 N–H and O–H groups in total. The molecule has 130 valence electrons. The Labute approximate surface area is 154 Å². The van der Waals surface area contributed by atoms with Crippen molar-refractivity contribution in [1.82, 2.24) is 20.5 Å². The molecule has 0 fully saturated rings. The second kappa shape index (κ2) is 6.14. The molecule has 0 spiro atoms. The lowest BCUT2D eigenvalue weighted by molar-refractivity contribution is 0.0927. The largest absolute Gasteiger partial charge is 0.356 e. The zero-order chi connectivity index (χ0) is 17.5. The Balaban J connectivity index is 1.41. The highest BCUT2D eigenvalue weighted by atomic mass is 32.1. The second-order valence-electron chi connectivity index (χ2n) is 6.66. The number of hydrogen-bond donors (Lipinski definition) is 3. The number of carbonyl (C=O) groups excluding carboxylic acids is 1. The maximum absolute atomic E-state index is 12.7. The Morgan fingerprint density at radius 2 is 2.19 bits per heavy atom. The van der Waals surface area contributed by atoms with Crippen molar-refractivity contribution in [2.45, 2.75) is 25.3 Å². The molecule has 26 heavy (non-hydrogen) atoms. The quantitative estimate of drug-likeness (QED) is 0.504. The molecule has 0 saturated heterocycles. The summed E-state index contributed by atoms with van der Waals surface area (Å²) in [5.74, 6) is -0.115. The minimum Gasteiger partial charge on any atom is -0.356 e. The fraction of sp³-hybridized carbons (Fsp3) is 0.200. The van der Waals surface area contributed by atoms with E-state index in [-0.39, 0.29) is 11.9 Å². The van der Waals surface area contributed by atoms with Crippen LogP contribution >= 0.6 is 11.3 Å². The highest BCUT2D eigenvalue weighted by Crippen LogP contribution is 2.34. The maximum Gasteiger partial charge on any atom is 0.269 e. The van der Waals surface area contributed by atoms with E-state index in [4.69, 9.17) is 0 Å². The van der Waals surface area contributed by atoms with Gasteiger partial charge >= 0.3 is 0 Å². The van der Waals surface area contributed by atoms with Crippen molar-refractivity contribution in [2.24, 2.45) is 0 Å². The van der Waals surface area contributed by atoms with Crippen molar-refractivity contribution in [3.8, 4) is 11.3 Å². The molecule has 0 saturated carbocycles. The average Bonchev–Trinajstić information content (AvgIpc) is 3.40. The normalized spacial score (nSPS) is 16.5. The van der Waals surface area contributed by atoms with Gasteiger partial charge in [-0.15, -0.1) is 0 Å². The van der Waals surface area contributed by atoms with Crippen LogP contribution in [0.5, 0.6) is 0 Å². The van der Waals surface area contributed by atoms with Gasteiger partial charge < -0.3 is 10.3 Å². The van der Waals surface area contributed by atoms with Gasteiger partial charge in [0.15, 0.2) is 0 Å². The zero-order valence-electron chi connectivity index (χ0n) is 14.1. The van der Waals surface area contributed by atoms with Crippen LogP contribution in [0.15, 0.2) is 47.2 Å². The summed E-state index contributed by atoms with van der Waals surface area (Å²) < 4.78 is 0. The summed E-state index contributed by atoms with van der Waals surface area (Å²) in [7, 11) is 0. The molecule has 1 atom stereocenters. The predicted octanol–water partition coefficient (Wildman–Crippen LogP) is 4.43. The lowest BCUT2D eigenvalue weighted by Gasteiger charge is -2.23. The third-order valence-electron chi connectivity index (χ3n) is 5.06. The van der Waals surface area contributed by atoms with Gasteiger partial charge in [0.1, 0.15) is 5.69 Å². The summed E-state index contributed by atoms with van der Waals surface area (Å²) in [6.45, 7) is 0. The molecule has 1 aliphatic carbocycles. The molecule has 1 aliphatic rings. The highest BCUT2D eigenvalue weighted by Gasteiger charge is 2.26. The number of thiophene rings is 1. The molecule has 3 heterocycles. The van der Waals surface area contributed by atoms with Crippen LogP contribution in [-0.2, 0) is 6.42 Å². The third-order valence-corrected chi connectivity index (χ3v) is 5.74. The smallest absolute Gasteiger partial charge is 0.269 e. The fourth-order valence-corrected chi connectivity index (χ4v) is 4.44. The Morgan fingerprint density at radius 1 is 1.27 bits per heavy atom. The number of para-hydroxylation sites is 1. The van der Waals surface area contributed by atoms with Crippen LogP contribution in [0.25, 0.3) is 22.2 Å². The SMILES string of the molecule is O=C(NC1CCCc2c1[nH]c1ccccc21)c1cc(-c2ccsc2)n[nH]1. The molecule has 1 aromatic carbocycles. The first-order valence-electron chi connectivity index (χ1n) is 8.78. The van der Waals surface area contributed by atoms with Gasteiger partial charge in [0.05, 0.1) is 11.7 Å². The number of aromatic amines is 2. The average molecular weight is 362 g/mol. The number of carbonyl (C=O) groups is 1. The van der Waals surface area contributed by atoms with Crippen LogP contribution in [-0.4, -0.2) is 21.1 Å². The lowest BCUT2D eigenvalue weighted by atomic mass is 9.91. The lowest BCUT2D eigenvalue weighted by Crippen LogP contribution is -2.31. The first kappa shape index (κ1) is 15.4. The number of nitrogens with zero attached hydrogens (tertiary/aromatic N) is 1. The Hall–Kier alpha value is -2.86. The molecule has 0 bridgehead atoms. The van der Waals surface area contributed by atoms with E-state index in [1.54, 1.807) is 11.3 Å². The first-order chi connectivity index (χ1) is 12.8. The van der Waals surface area contributed by atoms with E-state index in [1.165, 1.54) is 10.9 Å². The van der Waals surface area contributed by atoms with Crippen molar-refractivity contribution in [1.29, 1.82) is 0 Å². The number of nitrogens with one attached hydrogen (secondary N) is 3.